The molecule has 7 nitrogen and oxygen atoms in total. The highest BCUT2D eigenvalue weighted by Crippen LogP contribution is 2.21. The van der Waals surface area contributed by atoms with E-state index in [0.29, 0.717) is 6.54 Å². The first kappa shape index (κ1) is 26.4. The number of hydrogen-bond acceptors (Lipinski definition) is 4. The van der Waals surface area contributed by atoms with Crippen LogP contribution in [0.5, 0.6) is 0 Å². The maximum absolute atomic E-state index is 4.79. The molecule has 32 heavy (non-hydrogen) atoms. The van der Waals surface area contributed by atoms with Gasteiger partial charge in [-0.3, -0.25) is 4.68 Å². The van der Waals surface area contributed by atoms with Crippen molar-refractivity contribution in [3.63, 3.8) is 0 Å². The van der Waals surface area contributed by atoms with Gasteiger partial charge < -0.3 is 15.5 Å². The molecule has 0 spiro atoms. The summed E-state index contributed by atoms with van der Waals surface area (Å²) < 4.78 is 1.96. The molecule has 0 aliphatic carbocycles. The molecule has 2 N–H and O–H groups in total. The molecular weight excluding hydrogens is 513 g/mol. The molecule has 1 atom stereocenters. The van der Waals surface area contributed by atoms with E-state index in [-0.39, 0.29) is 30.0 Å². The molecule has 0 bridgehead atoms. The average Bonchev–Trinajstić information content (AvgIpc) is 2.99. The molecule has 1 saturated heterocycles. The van der Waals surface area contributed by atoms with Crippen LogP contribution in [0.3, 0.4) is 0 Å². The standard InChI is InChI=1S/C24H39N7.HI/c1-7-25-24(28-18(3)14-22-19(4)29-30(6)20(22)5)27-16-21-8-9-23(26-15-21)31-12-10-17(2)11-13-31;/h8-9,15,17-18H,7,10-14,16H2,1-6H3,(H2,25,27,28);1H. The van der Waals surface area contributed by atoms with Crippen molar-refractivity contribution in [1.82, 2.24) is 25.4 Å². The molecule has 0 amide bonds. The Balaban J connectivity index is 0.00000363. The van der Waals surface area contributed by atoms with Gasteiger partial charge in [0.05, 0.1) is 12.2 Å². The van der Waals surface area contributed by atoms with Gasteiger partial charge in [0.25, 0.3) is 0 Å². The lowest BCUT2D eigenvalue weighted by atomic mass is 9.99. The summed E-state index contributed by atoms with van der Waals surface area (Å²) in [5.74, 6) is 2.75. The van der Waals surface area contributed by atoms with Crippen LogP contribution in [0.2, 0.25) is 0 Å². The van der Waals surface area contributed by atoms with Gasteiger partial charge in [0, 0.05) is 44.6 Å². The number of aromatic nitrogens is 3. The van der Waals surface area contributed by atoms with Crippen molar-refractivity contribution in [2.45, 2.75) is 66.5 Å². The van der Waals surface area contributed by atoms with Crippen molar-refractivity contribution in [3.05, 3.63) is 40.8 Å². The predicted octanol–water partition coefficient (Wildman–Crippen LogP) is 3.97. The zero-order valence-electron chi connectivity index (χ0n) is 20.5. The summed E-state index contributed by atoms with van der Waals surface area (Å²) in [5, 5.41) is 11.4. The van der Waals surface area contributed by atoms with E-state index in [1.165, 1.54) is 24.1 Å². The Kier molecular flexibility index (Phi) is 10.2. The van der Waals surface area contributed by atoms with E-state index in [4.69, 9.17) is 9.98 Å². The number of aryl methyl sites for hydroxylation is 2. The number of aliphatic imine (C=N–C) groups is 1. The third-order valence-electron chi connectivity index (χ3n) is 6.23. The number of nitrogens with zero attached hydrogens (tertiary/aromatic N) is 5. The van der Waals surface area contributed by atoms with E-state index >= 15 is 0 Å². The molecule has 0 radical (unpaired) electrons. The van der Waals surface area contributed by atoms with Crippen molar-refractivity contribution in [1.29, 1.82) is 0 Å². The van der Waals surface area contributed by atoms with Gasteiger partial charge in [0.15, 0.2) is 5.96 Å². The van der Waals surface area contributed by atoms with Crippen molar-refractivity contribution in [3.8, 4) is 0 Å². The van der Waals surface area contributed by atoms with Gasteiger partial charge in [0.1, 0.15) is 5.82 Å². The fourth-order valence-electron chi connectivity index (χ4n) is 4.13. The number of rotatable bonds is 7. The minimum absolute atomic E-state index is 0. The molecule has 1 unspecified atom stereocenters. The lowest BCUT2D eigenvalue weighted by Gasteiger charge is -2.31. The normalized spacial score (nSPS) is 15.9. The van der Waals surface area contributed by atoms with Crippen LogP contribution in [0, 0.1) is 19.8 Å². The van der Waals surface area contributed by atoms with Crippen LogP contribution in [0.4, 0.5) is 5.82 Å². The van der Waals surface area contributed by atoms with Gasteiger partial charge in [0.2, 0.25) is 0 Å². The Bertz CT molecular complexity index is 867. The lowest BCUT2D eigenvalue weighted by Crippen LogP contribution is -2.43. The Morgan fingerprint density at radius 2 is 1.97 bits per heavy atom. The van der Waals surface area contributed by atoms with Crippen molar-refractivity contribution in [2.75, 3.05) is 24.5 Å². The van der Waals surface area contributed by atoms with E-state index < -0.39 is 0 Å². The van der Waals surface area contributed by atoms with E-state index in [1.54, 1.807) is 0 Å². The minimum atomic E-state index is 0. The van der Waals surface area contributed by atoms with Crippen molar-refractivity contribution in [2.24, 2.45) is 18.0 Å². The van der Waals surface area contributed by atoms with Gasteiger partial charge in [-0.25, -0.2) is 9.98 Å². The van der Waals surface area contributed by atoms with Gasteiger partial charge >= 0.3 is 0 Å². The molecular formula is C24H40IN7. The number of anilines is 1. The van der Waals surface area contributed by atoms with Crippen LogP contribution in [-0.4, -0.2) is 46.4 Å². The van der Waals surface area contributed by atoms with Crippen LogP contribution in [0.25, 0.3) is 0 Å². The topological polar surface area (TPSA) is 70.4 Å². The maximum atomic E-state index is 4.79. The highest BCUT2D eigenvalue weighted by molar-refractivity contribution is 14.0. The van der Waals surface area contributed by atoms with E-state index in [0.717, 1.165) is 55.0 Å². The zero-order chi connectivity index (χ0) is 22.4. The minimum Gasteiger partial charge on any atom is -0.357 e. The first-order chi connectivity index (χ1) is 14.9. The molecule has 1 aliphatic heterocycles. The van der Waals surface area contributed by atoms with Crippen molar-refractivity contribution < 1.29 is 0 Å². The smallest absolute Gasteiger partial charge is 0.191 e. The summed E-state index contributed by atoms with van der Waals surface area (Å²) in [6, 6.07) is 4.54. The second-order valence-electron chi connectivity index (χ2n) is 8.91. The second-order valence-corrected chi connectivity index (χ2v) is 8.91. The first-order valence-corrected chi connectivity index (χ1v) is 11.6. The number of nitrogens with one attached hydrogen (secondary N) is 2. The molecule has 8 heteroatoms. The summed E-state index contributed by atoms with van der Waals surface area (Å²) in [6.07, 6.45) is 5.39. The number of hydrogen-bond donors (Lipinski definition) is 2. The first-order valence-electron chi connectivity index (χ1n) is 11.6. The van der Waals surface area contributed by atoms with Crippen molar-refractivity contribution >= 4 is 35.8 Å². The number of pyridine rings is 1. The molecule has 3 rings (SSSR count). The molecule has 2 aromatic heterocycles. The second kappa shape index (κ2) is 12.4. The van der Waals surface area contributed by atoms with E-state index in [2.05, 4.69) is 67.4 Å². The molecule has 1 aliphatic rings. The summed E-state index contributed by atoms with van der Waals surface area (Å²) >= 11 is 0. The zero-order valence-corrected chi connectivity index (χ0v) is 22.8. The summed E-state index contributed by atoms with van der Waals surface area (Å²) in [7, 11) is 2.00. The molecule has 1 fully saturated rings. The quantitative estimate of drug-likeness (QED) is 0.309. The predicted molar refractivity (Wildman–Crippen MR) is 144 cm³/mol. The van der Waals surface area contributed by atoms with Gasteiger partial charge in [-0.05, 0) is 70.1 Å². The average molecular weight is 554 g/mol. The SMILES string of the molecule is CCNC(=NCc1ccc(N2CCC(C)CC2)nc1)NC(C)Cc1c(C)nn(C)c1C.I. The monoisotopic (exact) mass is 553 g/mol. The Labute approximate surface area is 210 Å². The fraction of sp³-hybridized carbons (Fsp3) is 0.625. The van der Waals surface area contributed by atoms with Crippen LogP contribution in [0.15, 0.2) is 23.3 Å². The summed E-state index contributed by atoms with van der Waals surface area (Å²) in [5.41, 5.74) is 4.76. The summed E-state index contributed by atoms with van der Waals surface area (Å²) in [6.45, 7) is 14.5. The maximum Gasteiger partial charge on any atom is 0.191 e. The van der Waals surface area contributed by atoms with Crippen LogP contribution in [-0.2, 0) is 20.0 Å². The molecule has 3 heterocycles. The molecule has 0 saturated carbocycles. The number of piperidine rings is 1. The third-order valence-corrected chi connectivity index (χ3v) is 6.23. The Hall–Kier alpha value is -1.84. The Morgan fingerprint density at radius 1 is 1.25 bits per heavy atom. The molecule has 2 aromatic rings. The summed E-state index contributed by atoms with van der Waals surface area (Å²) in [4.78, 5) is 11.9. The number of halogens is 1. The third kappa shape index (κ3) is 7.08. The highest BCUT2D eigenvalue weighted by atomic mass is 127. The van der Waals surface area contributed by atoms with Gasteiger partial charge in [-0.15, -0.1) is 24.0 Å². The highest BCUT2D eigenvalue weighted by Gasteiger charge is 2.17. The molecule has 178 valence electrons. The van der Waals surface area contributed by atoms with Crippen LogP contribution < -0.4 is 15.5 Å². The lowest BCUT2D eigenvalue weighted by molar-refractivity contribution is 0.436. The largest absolute Gasteiger partial charge is 0.357 e. The molecule has 0 aromatic carbocycles. The van der Waals surface area contributed by atoms with Gasteiger partial charge in [-0.2, -0.15) is 5.10 Å². The van der Waals surface area contributed by atoms with E-state index in [1.807, 2.05) is 17.9 Å². The van der Waals surface area contributed by atoms with E-state index in [9.17, 15) is 0 Å². The Morgan fingerprint density at radius 3 is 2.53 bits per heavy atom. The number of guanidine groups is 1. The fourth-order valence-corrected chi connectivity index (χ4v) is 4.13. The van der Waals surface area contributed by atoms with Gasteiger partial charge in [-0.1, -0.05) is 13.0 Å². The van der Waals surface area contributed by atoms with Crippen LogP contribution in [0.1, 0.15) is 56.1 Å². The van der Waals surface area contributed by atoms with Crippen LogP contribution >= 0.6 is 24.0 Å².